The summed E-state index contributed by atoms with van der Waals surface area (Å²) in [5.41, 5.74) is 2.33. The van der Waals surface area contributed by atoms with E-state index in [9.17, 15) is 8.42 Å². The van der Waals surface area contributed by atoms with Crippen LogP contribution in [0.1, 0.15) is 24.0 Å². The molecule has 2 rings (SSSR count). The van der Waals surface area contributed by atoms with Crippen LogP contribution in [0.3, 0.4) is 0 Å². The first-order valence-corrected chi connectivity index (χ1v) is 8.39. The number of sulfonamides is 1. The van der Waals surface area contributed by atoms with Crippen LogP contribution < -0.4 is 10.5 Å². The fourth-order valence-corrected chi connectivity index (χ4v) is 2.64. The minimum Gasteiger partial charge on any atom is -0.312 e. The fourth-order valence-electron chi connectivity index (χ4n) is 2.13. The first-order chi connectivity index (χ1) is 9.97. The second-order valence-corrected chi connectivity index (χ2v) is 6.69. The Hall–Kier alpha value is -1.69. The van der Waals surface area contributed by atoms with Gasteiger partial charge in [0.2, 0.25) is 10.0 Å². The van der Waals surface area contributed by atoms with E-state index < -0.39 is 10.0 Å². The predicted octanol–water partition coefficient (Wildman–Crippen LogP) is 2.23. The van der Waals surface area contributed by atoms with Gasteiger partial charge in [-0.25, -0.2) is 13.6 Å². The minimum absolute atomic E-state index is 0.143. The maximum Gasteiger partial charge on any atom is 0.238 e. The molecule has 0 heterocycles. The normalized spacial score (nSPS) is 13.0. The van der Waals surface area contributed by atoms with Gasteiger partial charge in [-0.3, -0.25) is 0 Å². The molecule has 0 bridgehead atoms. The van der Waals surface area contributed by atoms with Crippen LogP contribution >= 0.6 is 0 Å². The Balaban J connectivity index is 1.86. The summed E-state index contributed by atoms with van der Waals surface area (Å²) in [6, 6.07) is 17.0. The van der Waals surface area contributed by atoms with Gasteiger partial charge in [0.25, 0.3) is 0 Å². The predicted molar refractivity (Wildman–Crippen MR) is 84.4 cm³/mol. The Morgan fingerprint density at radius 1 is 1.05 bits per heavy atom. The van der Waals surface area contributed by atoms with E-state index in [0.29, 0.717) is 12.5 Å². The van der Waals surface area contributed by atoms with Gasteiger partial charge in [0.15, 0.2) is 0 Å². The molecule has 4 nitrogen and oxygen atoms in total. The Morgan fingerprint density at radius 2 is 1.67 bits per heavy atom. The molecule has 21 heavy (non-hydrogen) atoms. The molecule has 0 aromatic heterocycles. The maximum atomic E-state index is 11.2. The third-order valence-corrected chi connectivity index (χ3v) is 4.33. The van der Waals surface area contributed by atoms with Crippen molar-refractivity contribution in [3.63, 3.8) is 0 Å². The average molecular weight is 304 g/mol. The van der Waals surface area contributed by atoms with E-state index in [1.54, 1.807) is 12.1 Å². The van der Waals surface area contributed by atoms with Crippen molar-refractivity contribution in [2.75, 3.05) is 6.54 Å². The van der Waals surface area contributed by atoms with Crippen LogP contribution in [-0.4, -0.2) is 15.0 Å². The van der Waals surface area contributed by atoms with E-state index in [2.05, 4.69) is 24.4 Å². The minimum atomic E-state index is -3.61. The van der Waals surface area contributed by atoms with Gasteiger partial charge in [0, 0.05) is 13.1 Å². The van der Waals surface area contributed by atoms with Crippen molar-refractivity contribution >= 4 is 10.0 Å². The molecule has 0 fully saturated rings. The van der Waals surface area contributed by atoms with Crippen LogP contribution in [-0.2, 0) is 16.6 Å². The molecule has 0 radical (unpaired) electrons. The Kier molecular flexibility index (Phi) is 5.12. The maximum absolute atomic E-state index is 11.2. The first kappa shape index (κ1) is 15.7. The summed E-state index contributed by atoms with van der Waals surface area (Å²) in [4.78, 5) is 0.143. The lowest BCUT2D eigenvalue weighted by molar-refractivity contribution is 0.597. The topological polar surface area (TPSA) is 72.2 Å². The zero-order valence-electron chi connectivity index (χ0n) is 12.0. The second-order valence-electron chi connectivity index (χ2n) is 5.13. The monoisotopic (exact) mass is 304 g/mol. The molecule has 5 heteroatoms. The molecule has 112 valence electrons. The van der Waals surface area contributed by atoms with Crippen LogP contribution in [0.4, 0.5) is 0 Å². The van der Waals surface area contributed by atoms with Gasteiger partial charge in [0.1, 0.15) is 0 Å². The van der Waals surface area contributed by atoms with Gasteiger partial charge in [-0.15, -0.1) is 0 Å². The van der Waals surface area contributed by atoms with Crippen LogP contribution in [0.5, 0.6) is 0 Å². The number of hydrogen-bond acceptors (Lipinski definition) is 3. The summed E-state index contributed by atoms with van der Waals surface area (Å²) in [6.07, 6.45) is 0. The van der Waals surface area contributed by atoms with Crippen LogP contribution in [0, 0.1) is 0 Å². The van der Waals surface area contributed by atoms with E-state index in [0.717, 1.165) is 12.1 Å². The van der Waals surface area contributed by atoms with Crippen LogP contribution in [0.15, 0.2) is 59.5 Å². The molecular formula is C16H20N2O2S. The number of benzene rings is 2. The molecule has 3 N–H and O–H groups in total. The summed E-state index contributed by atoms with van der Waals surface area (Å²) in [5, 5.41) is 8.45. The second kappa shape index (κ2) is 6.85. The largest absolute Gasteiger partial charge is 0.312 e. The zero-order chi connectivity index (χ0) is 15.3. The first-order valence-electron chi connectivity index (χ1n) is 6.84. The lowest BCUT2D eigenvalue weighted by Crippen LogP contribution is -2.19. The number of hydrogen-bond donors (Lipinski definition) is 2. The molecule has 0 saturated heterocycles. The molecule has 0 aliphatic rings. The fraction of sp³-hybridized carbons (Fsp3) is 0.250. The SMILES string of the molecule is CC(CNCc1ccc(S(N)(=O)=O)cc1)c1ccccc1. The highest BCUT2D eigenvalue weighted by atomic mass is 32.2. The standard InChI is InChI=1S/C16H20N2O2S/c1-13(15-5-3-2-4-6-15)11-18-12-14-7-9-16(10-8-14)21(17,19)20/h2-10,13,18H,11-12H2,1H3,(H2,17,19,20). The van der Waals surface area contributed by atoms with Crippen molar-refractivity contribution in [3.05, 3.63) is 65.7 Å². The molecular weight excluding hydrogens is 284 g/mol. The van der Waals surface area contributed by atoms with E-state index in [1.807, 2.05) is 18.2 Å². The van der Waals surface area contributed by atoms with Gasteiger partial charge in [0.05, 0.1) is 4.90 Å². The molecule has 1 atom stereocenters. The summed E-state index contributed by atoms with van der Waals surface area (Å²) < 4.78 is 22.3. The quantitative estimate of drug-likeness (QED) is 0.859. The number of nitrogens with two attached hydrogens (primary N) is 1. The summed E-state index contributed by atoms with van der Waals surface area (Å²) in [6.45, 7) is 3.73. The van der Waals surface area contributed by atoms with Crippen molar-refractivity contribution < 1.29 is 8.42 Å². The molecule has 0 aliphatic heterocycles. The summed E-state index contributed by atoms with van der Waals surface area (Å²) in [7, 11) is -3.61. The molecule has 2 aromatic rings. The molecule has 0 amide bonds. The van der Waals surface area contributed by atoms with E-state index in [1.165, 1.54) is 17.7 Å². The molecule has 0 aliphatic carbocycles. The van der Waals surface area contributed by atoms with Gasteiger partial charge in [-0.2, -0.15) is 0 Å². The summed E-state index contributed by atoms with van der Waals surface area (Å²) in [5.74, 6) is 0.426. The highest BCUT2D eigenvalue weighted by Gasteiger charge is 2.07. The van der Waals surface area contributed by atoms with Gasteiger partial charge < -0.3 is 5.32 Å². The van der Waals surface area contributed by atoms with E-state index in [-0.39, 0.29) is 4.90 Å². The summed E-state index contributed by atoms with van der Waals surface area (Å²) >= 11 is 0. The van der Waals surface area contributed by atoms with E-state index >= 15 is 0 Å². The average Bonchev–Trinajstić information content (AvgIpc) is 2.47. The van der Waals surface area contributed by atoms with Crippen LogP contribution in [0.25, 0.3) is 0 Å². The molecule has 1 unspecified atom stereocenters. The Morgan fingerprint density at radius 3 is 2.24 bits per heavy atom. The zero-order valence-corrected chi connectivity index (χ0v) is 12.8. The lowest BCUT2D eigenvalue weighted by Gasteiger charge is -2.13. The van der Waals surface area contributed by atoms with Crippen LogP contribution in [0.2, 0.25) is 0 Å². The number of nitrogens with one attached hydrogen (secondary N) is 1. The van der Waals surface area contributed by atoms with Crippen molar-refractivity contribution in [2.24, 2.45) is 5.14 Å². The Bertz CT molecular complexity index is 667. The van der Waals surface area contributed by atoms with Crippen molar-refractivity contribution in [2.45, 2.75) is 24.3 Å². The number of rotatable bonds is 6. The van der Waals surface area contributed by atoms with Gasteiger partial charge >= 0.3 is 0 Å². The van der Waals surface area contributed by atoms with Crippen molar-refractivity contribution in [3.8, 4) is 0 Å². The van der Waals surface area contributed by atoms with Gasteiger partial charge in [-0.1, -0.05) is 49.4 Å². The van der Waals surface area contributed by atoms with Crippen molar-refractivity contribution in [1.82, 2.24) is 5.32 Å². The number of primary sulfonamides is 1. The third kappa shape index (κ3) is 4.67. The van der Waals surface area contributed by atoms with E-state index in [4.69, 9.17) is 5.14 Å². The van der Waals surface area contributed by atoms with Crippen molar-refractivity contribution in [1.29, 1.82) is 0 Å². The smallest absolute Gasteiger partial charge is 0.238 e. The molecule has 0 saturated carbocycles. The third-order valence-electron chi connectivity index (χ3n) is 3.40. The molecule has 2 aromatic carbocycles. The highest BCUT2D eigenvalue weighted by molar-refractivity contribution is 7.89. The lowest BCUT2D eigenvalue weighted by atomic mass is 10.0. The van der Waals surface area contributed by atoms with Gasteiger partial charge in [-0.05, 0) is 29.2 Å². The molecule has 0 spiro atoms. The Labute approximate surface area is 126 Å². The highest BCUT2D eigenvalue weighted by Crippen LogP contribution is 2.13.